The Morgan fingerprint density at radius 2 is 1.96 bits per heavy atom. The molecule has 3 N–H and O–H groups in total. The van der Waals surface area contributed by atoms with Crippen LogP contribution in [0.3, 0.4) is 0 Å². The van der Waals surface area contributed by atoms with E-state index in [-0.39, 0.29) is 16.8 Å². The number of nitrogens with one attached hydrogen (secondary N) is 2. The number of methoxy groups -OCH3 is 1. The van der Waals surface area contributed by atoms with Crippen LogP contribution in [-0.2, 0) is 0 Å². The molecule has 2 rings (SSSR count). The zero-order chi connectivity index (χ0) is 17.0. The second-order valence-electron chi connectivity index (χ2n) is 5.08. The number of carbonyl (C=O) groups is 1. The van der Waals surface area contributed by atoms with E-state index in [4.69, 9.17) is 17.0 Å². The summed E-state index contributed by atoms with van der Waals surface area (Å²) in [6, 6.07) is 10.4. The molecule has 120 valence electrons. The van der Waals surface area contributed by atoms with Crippen molar-refractivity contribution in [2.24, 2.45) is 0 Å². The summed E-state index contributed by atoms with van der Waals surface area (Å²) in [4.78, 5) is 12.3. The van der Waals surface area contributed by atoms with Crippen LogP contribution in [0, 0.1) is 13.8 Å². The fourth-order valence-electron chi connectivity index (χ4n) is 2.17. The molecule has 0 spiro atoms. The highest BCUT2D eigenvalue weighted by molar-refractivity contribution is 7.80. The van der Waals surface area contributed by atoms with Crippen LogP contribution in [0.15, 0.2) is 36.4 Å². The van der Waals surface area contributed by atoms with Crippen LogP contribution in [-0.4, -0.2) is 23.2 Å². The molecule has 2 aromatic carbocycles. The number of anilines is 1. The third kappa shape index (κ3) is 3.98. The fourth-order valence-corrected chi connectivity index (χ4v) is 2.38. The second-order valence-corrected chi connectivity index (χ2v) is 5.49. The first-order chi connectivity index (χ1) is 10.9. The number of phenols is 1. The van der Waals surface area contributed by atoms with Crippen LogP contribution in [0.5, 0.6) is 11.5 Å². The van der Waals surface area contributed by atoms with Crippen molar-refractivity contribution in [2.45, 2.75) is 13.8 Å². The van der Waals surface area contributed by atoms with Gasteiger partial charge in [0.05, 0.1) is 18.4 Å². The van der Waals surface area contributed by atoms with Gasteiger partial charge in [-0.15, -0.1) is 0 Å². The van der Waals surface area contributed by atoms with E-state index >= 15 is 0 Å². The maximum Gasteiger partial charge on any atom is 0.261 e. The molecule has 0 saturated carbocycles. The molecule has 0 saturated heterocycles. The molecule has 2 aromatic rings. The average molecular weight is 330 g/mol. The number of hydrogen-bond acceptors (Lipinski definition) is 4. The molecule has 0 unspecified atom stereocenters. The van der Waals surface area contributed by atoms with E-state index in [1.54, 1.807) is 24.3 Å². The van der Waals surface area contributed by atoms with Crippen LogP contribution in [0.25, 0.3) is 0 Å². The molecule has 1 amide bonds. The SMILES string of the molecule is COc1c(C)cccc1C(=O)NC(=S)Nc1ccc(C)cc1O. The number of benzene rings is 2. The fraction of sp³-hybridized carbons (Fsp3) is 0.176. The third-order valence-electron chi connectivity index (χ3n) is 3.29. The number of hydrogen-bond donors (Lipinski definition) is 3. The Balaban J connectivity index is 2.11. The average Bonchev–Trinajstić information content (AvgIpc) is 2.49. The second kappa shape index (κ2) is 7.11. The summed E-state index contributed by atoms with van der Waals surface area (Å²) < 4.78 is 5.26. The lowest BCUT2D eigenvalue weighted by Crippen LogP contribution is -2.34. The smallest absolute Gasteiger partial charge is 0.261 e. The summed E-state index contributed by atoms with van der Waals surface area (Å²) in [6.45, 7) is 3.73. The van der Waals surface area contributed by atoms with Gasteiger partial charge in [-0.1, -0.05) is 18.2 Å². The maximum absolute atomic E-state index is 12.3. The molecule has 0 atom stereocenters. The van der Waals surface area contributed by atoms with Crippen LogP contribution in [0.1, 0.15) is 21.5 Å². The summed E-state index contributed by atoms with van der Waals surface area (Å²) in [5, 5.41) is 15.3. The van der Waals surface area contributed by atoms with Gasteiger partial charge in [-0.25, -0.2) is 0 Å². The van der Waals surface area contributed by atoms with E-state index in [0.29, 0.717) is 17.0 Å². The molecular formula is C17H18N2O3S. The lowest BCUT2D eigenvalue weighted by atomic mass is 10.1. The molecule has 5 nitrogen and oxygen atoms in total. The first-order valence-electron chi connectivity index (χ1n) is 6.98. The van der Waals surface area contributed by atoms with Gasteiger partial charge in [-0.2, -0.15) is 0 Å². The van der Waals surface area contributed by atoms with Gasteiger partial charge in [0.2, 0.25) is 0 Å². The Morgan fingerprint density at radius 1 is 1.22 bits per heavy atom. The van der Waals surface area contributed by atoms with Crippen LogP contribution < -0.4 is 15.4 Å². The van der Waals surface area contributed by atoms with E-state index in [1.807, 2.05) is 26.0 Å². The van der Waals surface area contributed by atoms with Crippen LogP contribution in [0.4, 0.5) is 5.69 Å². The number of rotatable bonds is 3. The lowest BCUT2D eigenvalue weighted by molar-refractivity contribution is 0.0974. The van der Waals surface area contributed by atoms with Gasteiger partial charge in [0.15, 0.2) is 5.11 Å². The molecular weight excluding hydrogens is 312 g/mol. The topological polar surface area (TPSA) is 70.6 Å². The maximum atomic E-state index is 12.3. The van der Waals surface area contributed by atoms with Gasteiger partial charge in [-0.05, 0) is 55.4 Å². The summed E-state index contributed by atoms with van der Waals surface area (Å²) in [6.07, 6.45) is 0. The molecule has 0 bridgehead atoms. The van der Waals surface area contributed by atoms with Crippen molar-refractivity contribution < 1.29 is 14.6 Å². The minimum absolute atomic E-state index is 0.0646. The highest BCUT2D eigenvalue weighted by Crippen LogP contribution is 2.24. The molecule has 23 heavy (non-hydrogen) atoms. The molecule has 6 heteroatoms. The Kier molecular flexibility index (Phi) is 5.18. The van der Waals surface area contributed by atoms with E-state index in [9.17, 15) is 9.90 Å². The Labute approximate surface area is 140 Å². The molecule has 0 aliphatic heterocycles. The van der Waals surface area contributed by atoms with Crippen molar-refractivity contribution >= 4 is 28.9 Å². The third-order valence-corrected chi connectivity index (χ3v) is 3.49. The molecule has 0 radical (unpaired) electrons. The van der Waals surface area contributed by atoms with Gasteiger partial charge < -0.3 is 15.2 Å². The minimum Gasteiger partial charge on any atom is -0.506 e. The van der Waals surface area contributed by atoms with Crippen molar-refractivity contribution in [3.63, 3.8) is 0 Å². The predicted molar refractivity (Wildman–Crippen MR) is 94.3 cm³/mol. The Morgan fingerprint density at radius 3 is 2.61 bits per heavy atom. The number of thiocarbonyl (C=S) groups is 1. The van der Waals surface area contributed by atoms with E-state index in [2.05, 4.69) is 10.6 Å². The number of ether oxygens (including phenoxy) is 1. The Bertz CT molecular complexity index is 759. The van der Waals surface area contributed by atoms with E-state index in [0.717, 1.165) is 11.1 Å². The first kappa shape index (κ1) is 16.8. The number of aryl methyl sites for hydroxylation is 2. The number of phenolic OH excluding ortho intramolecular Hbond substituents is 1. The lowest BCUT2D eigenvalue weighted by Gasteiger charge is -2.13. The van der Waals surface area contributed by atoms with E-state index < -0.39 is 0 Å². The van der Waals surface area contributed by atoms with Gasteiger partial charge in [0.1, 0.15) is 11.5 Å². The van der Waals surface area contributed by atoms with Crippen molar-refractivity contribution in [3.05, 3.63) is 53.1 Å². The van der Waals surface area contributed by atoms with Crippen molar-refractivity contribution in [3.8, 4) is 11.5 Å². The van der Waals surface area contributed by atoms with Crippen LogP contribution >= 0.6 is 12.2 Å². The van der Waals surface area contributed by atoms with Gasteiger partial charge in [-0.3, -0.25) is 10.1 Å². The number of amides is 1. The summed E-state index contributed by atoms with van der Waals surface area (Å²) >= 11 is 5.12. The van der Waals surface area contributed by atoms with Crippen LogP contribution in [0.2, 0.25) is 0 Å². The van der Waals surface area contributed by atoms with Gasteiger partial charge in [0.25, 0.3) is 5.91 Å². The predicted octanol–water partition coefficient (Wildman–Crippen LogP) is 3.14. The van der Waals surface area contributed by atoms with Gasteiger partial charge >= 0.3 is 0 Å². The number of carbonyl (C=O) groups excluding carboxylic acids is 1. The van der Waals surface area contributed by atoms with Gasteiger partial charge in [0, 0.05) is 0 Å². The normalized spacial score (nSPS) is 10.0. The molecule has 0 fully saturated rings. The Hall–Kier alpha value is -2.60. The quantitative estimate of drug-likeness (QED) is 0.596. The molecule has 0 heterocycles. The minimum atomic E-state index is -0.380. The zero-order valence-electron chi connectivity index (χ0n) is 13.1. The molecule has 0 aromatic heterocycles. The monoisotopic (exact) mass is 330 g/mol. The number of aromatic hydroxyl groups is 1. The highest BCUT2D eigenvalue weighted by Gasteiger charge is 2.15. The van der Waals surface area contributed by atoms with E-state index in [1.165, 1.54) is 7.11 Å². The summed E-state index contributed by atoms with van der Waals surface area (Å²) in [5.74, 6) is 0.190. The summed E-state index contributed by atoms with van der Waals surface area (Å²) in [5.41, 5.74) is 2.60. The van der Waals surface area contributed by atoms with Crippen molar-refractivity contribution in [1.29, 1.82) is 0 Å². The number of para-hydroxylation sites is 1. The zero-order valence-corrected chi connectivity index (χ0v) is 14.0. The molecule has 0 aliphatic carbocycles. The van der Waals surface area contributed by atoms with Crippen molar-refractivity contribution in [2.75, 3.05) is 12.4 Å². The highest BCUT2D eigenvalue weighted by atomic mass is 32.1. The largest absolute Gasteiger partial charge is 0.506 e. The molecule has 0 aliphatic rings. The summed E-state index contributed by atoms with van der Waals surface area (Å²) in [7, 11) is 1.51. The van der Waals surface area contributed by atoms with Crippen molar-refractivity contribution in [1.82, 2.24) is 5.32 Å². The first-order valence-corrected chi connectivity index (χ1v) is 7.38. The standard InChI is InChI=1S/C17H18N2O3S/c1-10-7-8-13(14(20)9-10)18-17(23)19-16(21)12-6-4-5-11(2)15(12)22-3/h4-9,20H,1-3H3,(H2,18,19,21,23).